The molecule has 0 aromatic heterocycles. The van der Waals surface area contributed by atoms with Crippen molar-refractivity contribution in [1.82, 2.24) is 0 Å². The van der Waals surface area contributed by atoms with E-state index in [0.29, 0.717) is 6.42 Å². The molecular formula is C20H30O6. The maximum atomic E-state index is 12.4. The van der Waals surface area contributed by atoms with Crippen LogP contribution in [0.2, 0.25) is 0 Å². The molecule has 0 aliphatic heterocycles. The molecule has 0 bridgehead atoms. The number of benzene rings is 1. The second-order valence-electron chi connectivity index (χ2n) is 7.05. The highest BCUT2D eigenvalue weighted by atomic mass is 16.5. The van der Waals surface area contributed by atoms with Gasteiger partial charge in [-0.25, -0.2) is 0 Å². The van der Waals surface area contributed by atoms with Gasteiger partial charge in [0.05, 0.1) is 13.5 Å². The van der Waals surface area contributed by atoms with Gasteiger partial charge in [-0.1, -0.05) is 40.0 Å². The first-order valence-electron chi connectivity index (χ1n) is 9.10. The summed E-state index contributed by atoms with van der Waals surface area (Å²) in [6.07, 6.45) is 3.40. The predicted molar refractivity (Wildman–Crippen MR) is 98.7 cm³/mol. The molecule has 1 aromatic rings. The maximum absolute atomic E-state index is 12.4. The van der Waals surface area contributed by atoms with Crippen LogP contribution in [-0.2, 0) is 9.53 Å². The molecule has 0 aliphatic carbocycles. The monoisotopic (exact) mass is 366 g/mol. The first-order valence-corrected chi connectivity index (χ1v) is 9.10. The maximum Gasteiger partial charge on any atom is 0.306 e. The van der Waals surface area contributed by atoms with Crippen LogP contribution in [0.15, 0.2) is 6.07 Å². The van der Waals surface area contributed by atoms with Gasteiger partial charge in [0.1, 0.15) is 22.8 Å². The molecule has 1 atom stereocenters. The molecule has 1 aromatic carbocycles. The second-order valence-corrected chi connectivity index (χ2v) is 7.05. The molecule has 6 nitrogen and oxygen atoms in total. The number of phenolic OH excluding ortho intramolecular Hbond substituents is 3. The van der Waals surface area contributed by atoms with Crippen molar-refractivity contribution >= 4 is 11.8 Å². The minimum Gasteiger partial charge on any atom is -0.507 e. The van der Waals surface area contributed by atoms with Crippen LogP contribution in [0, 0.1) is 5.92 Å². The summed E-state index contributed by atoms with van der Waals surface area (Å²) in [7, 11) is 1.28. The van der Waals surface area contributed by atoms with E-state index >= 15 is 0 Å². The van der Waals surface area contributed by atoms with Crippen LogP contribution >= 0.6 is 0 Å². The number of hydrogen-bond donors (Lipinski definition) is 3. The molecule has 0 fully saturated rings. The Morgan fingerprint density at radius 3 is 2.27 bits per heavy atom. The number of methoxy groups -OCH3 is 1. The molecule has 146 valence electrons. The van der Waals surface area contributed by atoms with Crippen LogP contribution in [-0.4, -0.2) is 34.2 Å². The zero-order valence-corrected chi connectivity index (χ0v) is 16.0. The molecule has 0 radical (unpaired) electrons. The van der Waals surface area contributed by atoms with Crippen molar-refractivity contribution in [3.05, 3.63) is 17.2 Å². The zero-order chi connectivity index (χ0) is 19.9. The number of rotatable bonds is 10. The standard InChI is InChI=1S/C20H30O6/c1-5-6-7-8-13(10-17(24)26-4)18-15(22)11-16(23)19(20(18)25)14(21)9-12(2)3/h11-13,22-23,25H,5-10H2,1-4H3. The lowest BCUT2D eigenvalue weighted by Crippen LogP contribution is -2.12. The fourth-order valence-corrected chi connectivity index (χ4v) is 3.08. The van der Waals surface area contributed by atoms with Gasteiger partial charge >= 0.3 is 5.97 Å². The van der Waals surface area contributed by atoms with Crippen molar-refractivity contribution in [2.75, 3.05) is 7.11 Å². The molecular weight excluding hydrogens is 336 g/mol. The molecule has 3 N–H and O–H groups in total. The Morgan fingerprint density at radius 1 is 1.08 bits per heavy atom. The Kier molecular flexibility index (Phi) is 8.42. The number of Topliss-reactive ketones (excluding diaryl/α,β-unsaturated/α-hetero) is 1. The van der Waals surface area contributed by atoms with E-state index in [1.54, 1.807) is 0 Å². The topological polar surface area (TPSA) is 104 Å². The van der Waals surface area contributed by atoms with E-state index in [1.807, 2.05) is 20.8 Å². The van der Waals surface area contributed by atoms with Gasteiger partial charge in [-0.3, -0.25) is 9.59 Å². The average Bonchev–Trinajstić information content (AvgIpc) is 2.53. The first-order chi connectivity index (χ1) is 12.2. The average molecular weight is 366 g/mol. The number of ether oxygens (including phenoxy) is 1. The Morgan fingerprint density at radius 2 is 1.73 bits per heavy atom. The van der Waals surface area contributed by atoms with E-state index in [1.165, 1.54) is 7.11 Å². The Hall–Kier alpha value is -2.24. The minimum absolute atomic E-state index is 0.0239. The molecule has 0 amide bonds. The third kappa shape index (κ3) is 5.64. The summed E-state index contributed by atoms with van der Waals surface area (Å²) >= 11 is 0. The van der Waals surface area contributed by atoms with E-state index in [9.17, 15) is 24.9 Å². The summed E-state index contributed by atoms with van der Waals surface area (Å²) in [5.74, 6) is -2.55. The minimum atomic E-state index is -0.500. The van der Waals surface area contributed by atoms with E-state index in [0.717, 1.165) is 25.3 Å². The highest BCUT2D eigenvalue weighted by Crippen LogP contribution is 2.45. The molecule has 0 heterocycles. The van der Waals surface area contributed by atoms with Gasteiger partial charge in [-0.2, -0.15) is 0 Å². The zero-order valence-electron chi connectivity index (χ0n) is 16.0. The van der Waals surface area contributed by atoms with Crippen LogP contribution in [0.25, 0.3) is 0 Å². The molecule has 1 unspecified atom stereocenters. The summed E-state index contributed by atoms with van der Waals surface area (Å²) < 4.78 is 4.72. The summed E-state index contributed by atoms with van der Waals surface area (Å²) in [4.78, 5) is 24.2. The number of esters is 1. The molecule has 1 rings (SSSR count). The van der Waals surface area contributed by atoms with Crippen molar-refractivity contribution in [1.29, 1.82) is 0 Å². The summed E-state index contributed by atoms with van der Waals surface area (Å²) in [6, 6.07) is 1.06. The molecule has 6 heteroatoms. The van der Waals surface area contributed by atoms with Crippen LogP contribution in [0.5, 0.6) is 17.2 Å². The van der Waals surface area contributed by atoms with Crippen molar-refractivity contribution in [2.24, 2.45) is 5.92 Å². The Labute approximate surface area is 154 Å². The largest absolute Gasteiger partial charge is 0.507 e. The SMILES string of the molecule is CCCCCC(CC(=O)OC)c1c(O)cc(O)c(C(=O)CC(C)C)c1O. The van der Waals surface area contributed by atoms with Gasteiger partial charge in [0.2, 0.25) is 0 Å². The fraction of sp³-hybridized carbons (Fsp3) is 0.600. The number of unbranched alkanes of at least 4 members (excludes halogenated alkanes) is 2. The van der Waals surface area contributed by atoms with Gasteiger partial charge in [0.25, 0.3) is 0 Å². The first kappa shape index (κ1) is 21.8. The van der Waals surface area contributed by atoms with E-state index in [2.05, 4.69) is 0 Å². The van der Waals surface area contributed by atoms with E-state index < -0.39 is 29.2 Å². The highest BCUT2D eigenvalue weighted by Gasteiger charge is 2.29. The molecule has 0 aliphatic rings. The van der Waals surface area contributed by atoms with Crippen LogP contribution < -0.4 is 0 Å². The number of ketones is 1. The highest BCUT2D eigenvalue weighted by molar-refractivity contribution is 6.02. The molecule has 0 saturated carbocycles. The lowest BCUT2D eigenvalue weighted by molar-refractivity contribution is -0.141. The van der Waals surface area contributed by atoms with E-state index in [-0.39, 0.29) is 35.6 Å². The van der Waals surface area contributed by atoms with Crippen molar-refractivity contribution < 1.29 is 29.6 Å². The number of aromatic hydroxyl groups is 3. The molecule has 26 heavy (non-hydrogen) atoms. The van der Waals surface area contributed by atoms with Gasteiger partial charge < -0.3 is 20.1 Å². The number of hydrogen-bond acceptors (Lipinski definition) is 6. The summed E-state index contributed by atoms with van der Waals surface area (Å²) in [5.41, 5.74) is -0.0757. The third-order valence-corrected chi connectivity index (χ3v) is 4.38. The summed E-state index contributed by atoms with van der Waals surface area (Å²) in [5, 5.41) is 31.0. The Bertz CT molecular complexity index is 636. The smallest absolute Gasteiger partial charge is 0.306 e. The van der Waals surface area contributed by atoms with Gasteiger partial charge in [-0.15, -0.1) is 0 Å². The second kappa shape index (κ2) is 10.0. The van der Waals surface area contributed by atoms with Crippen LogP contribution in [0.4, 0.5) is 0 Å². The van der Waals surface area contributed by atoms with Crippen molar-refractivity contribution in [2.45, 2.75) is 65.2 Å². The summed E-state index contributed by atoms with van der Waals surface area (Å²) in [6.45, 7) is 5.77. The van der Waals surface area contributed by atoms with Gasteiger partial charge in [-0.05, 0) is 12.3 Å². The predicted octanol–water partition coefficient (Wildman–Crippen LogP) is 4.26. The number of carbonyl (C=O) groups is 2. The number of phenols is 3. The van der Waals surface area contributed by atoms with Gasteiger partial charge in [0.15, 0.2) is 5.78 Å². The lowest BCUT2D eigenvalue weighted by Gasteiger charge is -2.21. The van der Waals surface area contributed by atoms with Crippen LogP contribution in [0.1, 0.15) is 81.1 Å². The fourth-order valence-electron chi connectivity index (χ4n) is 3.08. The van der Waals surface area contributed by atoms with Crippen LogP contribution in [0.3, 0.4) is 0 Å². The van der Waals surface area contributed by atoms with Crippen molar-refractivity contribution in [3.63, 3.8) is 0 Å². The quantitative estimate of drug-likeness (QED) is 0.325. The molecule has 0 spiro atoms. The Balaban J connectivity index is 3.35. The van der Waals surface area contributed by atoms with E-state index in [4.69, 9.17) is 4.74 Å². The van der Waals surface area contributed by atoms with Gasteiger partial charge in [0, 0.05) is 24.0 Å². The van der Waals surface area contributed by atoms with Crippen molar-refractivity contribution in [3.8, 4) is 17.2 Å². The molecule has 0 saturated heterocycles. The third-order valence-electron chi connectivity index (χ3n) is 4.38. The normalized spacial score (nSPS) is 12.2. The number of carbonyl (C=O) groups excluding carboxylic acids is 2. The lowest BCUT2D eigenvalue weighted by atomic mass is 9.86.